The molecule has 1 unspecified atom stereocenters. The van der Waals surface area contributed by atoms with Crippen LogP contribution in [0.25, 0.3) is 0 Å². The monoisotopic (exact) mass is 209 g/mol. The molecule has 0 heterocycles. The summed E-state index contributed by atoms with van der Waals surface area (Å²) in [6, 6.07) is 7.78. The molecule has 84 valence electrons. The molecule has 1 aromatic rings. The van der Waals surface area contributed by atoms with E-state index in [1.807, 2.05) is 45.0 Å². The molecule has 0 spiro atoms. The van der Waals surface area contributed by atoms with Gasteiger partial charge in [0.2, 0.25) is 0 Å². The number of hydrogen-bond donors (Lipinski definition) is 2. The SMILES string of the molecule is CNC(O)C(C)(C)Oc1cccc(C)c1. The topological polar surface area (TPSA) is 41.5 Å². The van der Waals surface area contributed by atoms with Gasteiger partial charge in [-0.3, -0.25) is 5.32 Å². The summed E-state index contributed by atoms with van der Waals surface area (Å²) in [6.07, 6.45) is -0.696. The highest BCUT2D eigenvalue weighted by molar-refractivity contribution is 5.28. The van der Waals surface area contributed by atoms with Crippen molar-refractivity contribution in [2.45, 2.75) is 32.6 Å². The van der Waals surface area contributed by atoms with Crippen molar-refractivity contribution in [1.29, 1.82) is 0 Å². The van der Waals surface area contributed by atoms with Gasteiger partial charge in [0.25, 0.3) is 0 Å². The van der Waals surface area contributed by atoms with Crippen molar-refractivity contribution >= 4 is 0 Å². The van der Waals surface area contributed by atoms with Gasteiger partial charge in [0.05, 0.1) is 0 Å². The van der Waals surface area contributed by atoms with E-state index < -0.39 is 11.8 Å². The van der Waals surface area contributed by atoms with Crippen LogP contribution in [-0.2, 0) is 0 Å². The van der Waals surface area contributed by atoms with E-state index in [2.05, 4.69) is 5.32 Å². The van der Waals surface area contributed by atoms with Crippen LogP contribution in [0.5, 0.6) is 5.75 Å². The molecule has 0 saturated heterocycles. The first-order valence-electron chi connectivity index (χ1n) is 5.07. The Balaban J connectivity index is 2.77. The number of hydrogen-bond acceptors (Lipinski definition) is 3. The van der Waals surface area contributed by atoms with Gasteiger partial charge in [0, 0.05) is 0 Å². The van der Waals surface area contributed by atoms with E-state index in [0.717, 1.165) is 11.3 Å². The lowest BCUT2D eigenvalue weighted by atomic mass is 10.1. The third kappa shape index (κ3) is 3.22. The van der Waals surface area contributed by atoms with E-state index in [0.29, 0.717) is 0 Å². The van der Waals surface area contributed by atoms with Gasteiger partial charge in [-0.25, -0.2) is 0 Å². The third-order valence-corrected chi connectivity index (χ3v) is 2.30. The Morgan fingerprint density at radius 1 is 1.40 bits per heavy atom. The van der Waals surface area contributed by atoms with Crippen molar-refractivity contribution in [3.63, 3.8) is 0 Å². The third-order valence-electron chi connectivity index (χ3n) is 2.30. The number of aliphatic hydroxyl groups excluding tert-OH is 1. The number of aliphatic hydroxyl groups is 1. The standard InChI is InChI=1S/C12H19NO2/c1-9-6-5-7-10(8-9)15-12(2,3)11(14)13-4/h5-8,11,13-14H,1-4H3. The lowest BCUT2D eigenvalue weighted by molar-refractivity contribution is -0.0426. The van der Waals surface area contributed by atoms with Crippen molar-refractivity contribution in [1.82, 2.24) is 5.32 Å². The van der Waals surface area contributed by atoms with Gasteiger partial charge in [-0.1, -0.05) is 12.1 Å². The molecule has 1 rings (SSSR count). The molecule has 0 saturated carbocycles. The summed E-state index contributed by atoms with van der Waals surface area (Å²) in [4.78, 5) is 0. The van der Waals surface area contributed by atoms with E-state index in [1.54, 1.807) is 7.05 Å². The molecule has 1 aromatic carbocycles. The van der Waals surface area contributed by atoms with Crippen molar-refractivity contribution in [2.75, 3.05) is 7.05 Å². The largest absolute Gasteiger partial charge is 0.484 e. The van der Waals surface area contributed by atoms with E-state index >= 15 is 0 Å². The van der Waals surface area contributed by atoms with Crippen molar-refractivity contribution in [2.24, 2.45) is 0 Å². The lowest BCUT2D eigenvalue weighted by Crippen LogP contribution is -2.49. The summed E-state index contributed by atoms with van der Waals surface area (Å²) >= 11 is 0. The van der Waals surface area contributed by atoms with E-state index in [9.17, 15) is 5.11 Å². The maximum Gasteiger partial charge on any atom is 0.144 e. The van der Waals surface area contributed by atoms with Crippen LogP contribution in [0.2, 0.25) is 0 Å². The van der Waals surface area contributed by atoms with Gasteiger partial charge in [-0.2, -0.15) is 0 Å². The molecular formula is C12H19NO2. The molecule has 0 fully saturated rings. The second-order valence-corrected chi connectivity index (χ2v) is 4.21. The van der Waals surface area contributed by atoms with Crippen LogP contribution >= 0.6 is 0 Å². The van der Waals surface area contributed by atoms with Crippen molar-refractivity contribution < 1.29 is 9.84 Å². The van der Waals surface area contributed by atoms with Crippen LogP contribution in [0.1, 0.15) is 19.4 Å². The molecule has 0 aromatic heterocycles. The van der Waals surface area contributed by atoms with Crippen LogP contribution in [-0.4, -0.2) is 24.0 Å². The van der Waals surface area contributed by atoms with Crippen LogP contribution < -0.4 is 10.1 Å². The zero-order valence-electron chi connectivity index (χ0n) is 9.74. The van der Waals surface area contributed by atoms with Crippen LogP contribution in [0.4, 0.5) is 0 Å². The Kier molecular flexibility index (Phi) is 3.72. The summed E-state index contributed by atoms with van der Waals surface area (Å²) in [5.41, 5.74) is 0.491. The van der Waals surface area contributed by atoms with Crippen molar-refractivity contribution in [3.05, 3.63) is 29.8 Å². The first kappa shape index (κ1) is 12.0. The summed E-state index contributed by atoms with van der Waals surface area (Å²) in [7, 11) is 1.70. The van der Waals surface area contributed by atoms with Gasteiger partial charge >= 0.3 is 0 Å². The van der Waals surface area contributed by atoms with Crippen LogP contribution in [0.15, 0.2) is 24.3 Å². The smallest absolute Gasteiger partial charge is 0.144 e. The minimum absolute atomic E-state index is 0.650. The van der Waals surface area contributed by atoms with Crippen molar-refractivity contribution in [3.8, 4) is 5.75 Å². The highest BCUT2D eigenvalue weighted by Crippen LogP contribution is 2.21. The van der Waals surface area contributed by atoms with Crippen LogP contribution in [0, 0.1) is 6.92 Å². The van der Waals surface area contributed by atoms with E-state index in [-0.39, 0.29) is 0 Å². The first-order valence-corrected chi connectivity index (χ1v) is 5.07. The van der Waals surface area contributed by atoms with Gasteiger partial charge in [0.1, 0.15) is 17.6 Å². The quantitative estimate of drug-likeness (QED) is 0.741. The van der Waals surface area contributed by atoms with Crippen LogP contribution in [0.3, 0.4) is 0 Å². The maximum atomic E-state index is 9.68. The molecule has 3 heteroatoms. The summed E-state index contributed by atoms with van der Waals surface area (Å²) < 4.78 is 5.72. The number of rotatable bonds is 4. The highest BCUT2D eigenvalue weighted by Gasteiger charge is 2.28. The highest BCUT2D eigenvalue weighted by atomic mass is 16.5. The lowest BCUT2D eigenvalue weighted by Gasteiger charge is -2.31. The Morgan fingerprint density at radius 3 is 2.60 bits per heavy atom. The molecule has 2 N–H and O–H groups in total. The van der Waals surface area contributed by atoms with E-state index in [4.69, 9.17) is 4.74 Å². The number of aryl methyl sites for hydroxylation is 1. The van der Waals surface area contributed by atoms with Gasteiger partial charge in [-0.05, 0) is 45.5 Å². The summed E-state index contributed by atoms with van der Waals surface area (Å²) in [6.45, 7) is 5.70. The fourth-order valence-corrected chi connectivity index (χ4v) is 1.39. The molecular weight excluding hydrogens is 190 g/mol. The second-order valence-electron chi connectivity index (χ2n) is 4.21. The molecule has 3 nitrogen and oxygen atoms in total. The first-order chi connectivity index (χ1) is 6.95. The van der Waals surface area contributed by atoms with Gasteiger partial charge in [-0.15, -0.1) is 0 Å². The number of likely N-dealkylation sites (N-methyl/N-ethyl adjacent to an activating group) is 1. The minimum atomic E-state index is -0.696. The second kappa shape index (κ2) is 4.64. The number of ether oxygens (including phenoxy) is 1. The molecule has 1 atom stereocenters. The predicted octanol–water partition coefficient (Wildman–Crippen LogP) is 1.69. The minimum Gasteiger partial charge on any atom is -0.484 e. The Bertz CT molecular complexity index is 323. The zero-order valence-corrected chi connectivity index (χ0v) is 9.74. The van der Waals surface area contributed by atoms with Gasteiger partial charge in [0.15, 0.2) is 0 Å². The van der Waals surface area contributed by atoms with Gasteiger partial charge < -0.3 is 9.84 Å². The Labute approximate surface area is 91.1 Å². The molecule has 0 radical (unpaired) electrons. The fourth-order valence-electron chi connectivity index (χ4n) is 1.39. The molecule has 0 aliphatic carbocycles. The number of nitrogens with one attached hydrogen (secondary N) is 1. The average Bonchev–Trinajstić information content (AvgIpc) is 2.15. The summed E-state index contributed by atoms with van der Waals surface area (Å²) in [5, 5.41) is 12.5. The average molecular weight is 209 g/mol. The normalized spacial score (nSPS) is 13.7. The molecule has 0 bridgehead atoms. The summed E-state index contributed by atoms with van der Waals surface area (Å²) in [5.74, 6) is 0.773. The Morgan fingerprint density at radius 2 is 2.07 bits per heavy atom. The predicted molar refractivity (Wildman–Crippen MR) is 61.0 cm³/mol. The molecule has 15 heavy (non-hydrogen) atoms. The van der Waals surface area contributed by atoms with E-state index in [1.165, 1.54) is 0 Å². The number of benzene rings is 1. The Hall–Kier alpha value is -1.06. The maximum absolute atomic E-state index is 9.68. The molecule has 0 amide bonds. The fraction of sp³-hybridized carbons (Fsp3) is 0.500. The molecule has 0 aliphatic heterocycles. The zero-order chi connectivity index (χ0) is 11.5. The molecule has 0 aliphatic rings.